The summed E-state index contributed by atoms with van der Waals surface area (Å²) in [4.78, 5) is 13.8. The third-order valence-corrected chi connectivity index (χ3v) is 2.84. The van der Waals surface area contributed by atoms with Crippen molar-refractivity contribution in [2.75, 3.05) is 26.8 Å². The van der Waals surface area contributed by atoms with Crippen molar-refractivity contribution in [3.63, 3.8) is 0 Å². The molecule has 0 atom stereocenters. The molecule has 0 saturated heterocycles. The van der Waals surface area contributed by atoms with Crippen molar-refractivity contribution in [2.45, 2.75) is 19.8 Å². The number of rotatable bonds is 7. The van der Waals surface area contributed by atoms with E-state index in [9.17, 15) is 9.18 Å². The van der Waals surface area contributed by atoms with Gasteiger partial charge in [-0.2, -0.15) is 0 Å². The van der Waals surface area contributed by atoms with Crippen molar-refractivity contribution < 1.29 is 19.0 Å². The van der Waals surface area contributed by atoms with Gasteiger partial charge in [-0.05, 0) is 24.6 Å². The Morgan fingerprint density at radius 3 is 2.74 bits per heavy atom. The highest BCUT2D eigenvalue weighted by atomic mass is 19.1. The van der Waals surface area contributed by atoms with Crippen LogP contribution in [0.15, 0.2) is 18.2 Å². The molecule has 1 amide bonds. The SMILES string of the molecule is CCCCN(CCO)C(=O)c1ccc(F)c(OC)c1. The van der Waals surface area contributed by atoms with E-state index in [1.807, 2.05) is 6.92 Å². The molecule has 106 valence electrons. The van der Waals surface area contributed by atoms with Crippen LogP contribution in [0.5, 0.6) is 5.75 Å². The standard InChI is InChI=1S/C14H20FNO3/c1-3-4-7-16(8-9-17)14(18)11-5-6-12(15)13(10-11)19-2/h5-6,10,17H,3-4,7-9H2,1-2H3. The largest absolute Gasteiger partial charge is 0.494 e. The lowest BCUT2D eigenvalue weighted by molar-refractivity contribution is 0.0719. The Bertz CT molecular complexity index is 423. The average Bonchev–Trinajstić information content (AvgIpc) is 2.43. The Morgan fingerprint density at radius 2 is 2.16 bits per heavy atom. The summed E-state index contributed by atoms with van der Waals surface area (Å²) in [5.41, 5.74) is 0.364. The Balaban J connectivity index is 2.88. The summed E-state index contributed by atoms with van der Waals surface area (Å²) in [6.07, 6.45) is 1.83. The molecule has 1 aromatic carbocycles. The first kappa shape index (κ1) is 15.4. The number of methoxy groups -OCH3 is 1. The van der Waals surface area contributed by atoms with Crippen molar-refractivity contribution >= 4 is 5.91 Å². The van der Waals surface area contributed by atoms with E-state index in [1.54, 1.807) is 4.90 Å². The highest BCUT2D eigenvalue weighted by Crippen LogP contribution is 2.19. The van der Waals surface area contributed by atoms with Crippen LogP contribution in [0, 0.1) is 5.82 Å². The van der Waals surface area contributed by atoms with Gasteiger partial charge >= 0.3 is 0 Å². The molecule has 0 unspecified atom stereocenters. The fourth-order valence-electron chi connectivity index (χ4n) is 1.76. The molecule has 5 heteroatoms. The van der Waals surface area contributed by atoms with E-state index in [-0.39, 0.29) is 24.8 Å². The molecule has 0 aliphatic rings. The second-order valence-electron chi connectivity index (χ2n) is 4.22. The van der Waals surface area contributed by atoms with Crippen molar-refractivity contribution in [2.24, 2.45) is 0 Å². The highest BCUT2D eigenvalue weighted by molar-refractivity contribution is 5.94. The van der Waals surface area contributed by atoms with Crippen LogP contribution in [-0.4, -0.2) is 42.7 Å². The number of ether oxygens (including phenoxy) is 1. The van der Waals surface area contributed by atoms with Crippen LogP contribution < -0.4 is 4.74 Å². The number of unbranched alkanes of at least 4 members (excludes halogenated alkanes) is 1. The first-order valence-electron chi connectivity index (χ1n) is 6.37. The molecular weight excluding hydrogens is 249 g/mol. The summed E-state index contributed by atoms with van der Waals surface area (Å²) in [6.45, 7) is 2.80. The van der Waals surface area contributed by atoms with Gasteiger partial charge in [-0.1, -0.05) is 13.3 Å². The minimum atomic E-state index is -0.499. The van der Waals surface area contributed by atoms with Gasteiger partial charge in [0.05, 0.1) is 13.7 Å². The Kier molecular flexibility index (Phi) is 6.29. The van der Waals surface area contributed by atoms with Gasteiger partial charge in [0.1, 0.15) is 0 Å². The summed E-state index contributed by atoms with van der Waals surface area (Å²) in [7, 11) is 1.36. The van der Waals surface area contributed by atoms with E-state index in [2.05, 4.69) is 0 Å². The Morgan fingerprint density at radius 1 is 1.42 bits per heavy atom. The van der Waals surface area contributed by atoms with Gasteiger partial charge in [-0.25, -0.2) is 4.39 Å². The summed E-state index contributed by atoms with van der Waals surface area (Å²) in [5.74, 6) is -0.674. The summed E-state index contributed by atoms with van der Waals surface area (Å²) >= 11 is 0. The smallest absolute Gasteiger partial charge is 0.254 e. The normalized spacial score (nSPS) is 10.3. The molecule has 19 heavy (non-hydrogen) atoms. The zero-order chi connectivity index (χ0) is 14.3. The second-order valence-corrected chi connectivity index (χ2v) is 4.22. The van der Waals surface area contributed by atoms with E-state index >= 15 is 0 Å². The monoisotopic (exact) mass is 269 g/mol. The number of aliphatic hydroxyl groups excluding tert-OH is 1. The number of nitrogens with zero attached hydrogens (tertiary/aromatic N) is 1. The quantitative estimate of drug-likeness (QED) is 0.824. The van der Waals surface area contributed by atoms with Crippen LogP contribution in [0.3, 0.4) is 0 Å². The molecule has 0 saturated carbocycles. The van der Waals surface area contributed by atoms with Crippen LogP contribution in [0.1, 0.15) is 30.1 Å². The molecule has 0 heterocycles. The minimum Gasteiger partial charge on any atom is -0.494 e. The van der Waals surface area contributed by atoms with Gasteiger partial charge < -0.3 is 14.7 Å². The molecule has 0 aliphatic carbocycles. The molecule has 0 bridgehead atoms. The number of benzene rings is 1. The van der Waals surface area contributed by atoms with Crippen LogP contribution in [0.2, 0.25) is 0 Å². The zero-order valence-electron chi connectivity index (χ0n) is 11.4. The molecule has 0 aromatic heterocycles. The van der Waals surface area contributed by atoms with Gasteiger partial charge in [-0.3, -0.25) is 4.79 Å². The minimum absolute atomic E-state index is 0.0466. The van der Waals surface area contributed by atoms with E-state index in [4.69, 9.17) is 9.84 Å². The van der Waals surface area contributed by atoms with Gasteiger partial charge in [-0.15, -0.1) is 0 Å². The molecule has 4 nitrogen and oxygen atoms in total. The van der Waals surface area contributed by atoms with E-state index in [1.165, 1.54) is 25.3 Å². The first-order valence-corrected chi connectivity index (χ1v) is 6.37. The number of hydrogen-bond acceptors (Lipinski definition) is 3. The summed E-state index contributed by atoms with van der Waals surface area (Å²) < 4.78 is 18.2. The van der Waals surface area contributed by atoms with Gasteiger partial charge in [0.25, 0.3) is 5.91 Å². The maximum absolute atomic E-state index is 13.3. The molecular formula is C14H20FNO3. The lowest BCUT2D eigenvalue weighted by Gasteiger charge is -2.21. The number of carbonyl (C=O) groups is 1. The summed E-state index contributed by atoms with van der Waals surface area (Å²) in [6, 6.07) is 4.02. The van der Waals surface area contributed by atoms with Crippen LogP contribution in [0.4, 0.5) is 4.39 Å². The lowest BCUT2D eigenvalue weighted by atomic mass is 10.1. The van der Waals surface area contributed by atoms with Crippen LogP contribution >= 0.6 is 0 Å². The third-order valence-electron chi connectivity index (χ3n) is 2.84. The maximum atomic E-state index is 13.3. The zero-order valence-corrected chi connectivity index (χ0v) is 11.4. The summed E-state index contributed by atoms with van der Waals surface area (Å²) in [5, 5.41) is 9.00. The first-order chi connectivity index (χ1) is 9.13. The number of amides is 1. The molecule has 1 rings (SSSR count). The van der Waals surface area contributed by atoms with Gasteiger partial charge in [0.15, 0.2) is 11.6 Å². The fraction of sp³-hybridized carbons (Fsp3) is 0.500. The maximum Gasteiger partial charge on any atom is 0.254 e. The molecule has 0 aliphatic heterocycles. The Labute approximate surface area is 112 Å². The third kappa shape index (κ3) is 4.21. The van der Waals surface area contributed by atoms with Crippen molar-refractivity contribution in [3.8, 4) is 5.75 Å². The van der Waals surface area contributed by atoms with E-state index < -0.39 is 5.82 Å². The van der Waals surface area contributed by atoms with Crippen LogP contribution in [-0.2, 0) is 0 Å². The topological polar surface area (TPSA) is 49.8 Å². The van der Waals surface area contributed by atoms with Gasteiger partial charge in [0, 0.05) is 18.7 Å². The predicted molar refractivity (Wildman–Crippen MR) is 70.8 cm³/mol. The molecule has 0 radical (unpaired) electrons. The second kappa shape index (κ2) is 7.74. The average molecular weight is 269 g/mol. The molecule has 0 spiro atoms. The van der Waals surface area contributed by atoms with E-state index in [0.717, 1.165) is 12.8 Å². The number of aliphatic hydroxyl groups is 1. The van der Waals surface area contributed by atoms with E-state index in [0.29, 0.717) is 12.1 Å². The van der Waals surface area contributed by atoms with Crippen molar-refractivity contribution in [1.82, 2.24) is 4.90 Å². The predicted octanol–water partition coefficient (Wildman–Crippen LogP) is 2.07. The van der Waals surface area contributed by atoms with Crippen molar-refractivity contribution in [1.29, 1.82) is 0 Å². The number of halogens is 1. The lowest BCUT2D eigenvalue weighted by Crippen LogP contribution is -2.34. The number of carbonyl (C=O) groups excluding carboxylic acids is 1. The van der Waals surface area contributed by atoms with Crippen molar-refractivity contribution in [3.05, 3.63) is 29.6 Å². The highest BCUT2D eigenvalue weighted by Gasteiger charge is 2.16. The number of hydrogen-bond donors (Lipinski definition) is 1. The molecule has 1 aromatic rings. The van der Waals surface area contributed by atoms with Gasteiger partial charge in [0.2, 0.25) is 0 Å². The fourth-order valence-corrected chi connectivity index (χ4v) is 1.76. The molecule has 0 fully saturated rings. The Hall–Kier alpha value is -1.62. The van der Waals surface area contributed by atoms with Crippen LogP contribution in [0.25, 0.3) is 0 Å². The molecule has 1 N–H and O–H groups in total.